The Morgan fingerprint density at radius 2 is 2.06 bits per heavy atom. The number of carbonyl (C=O) groups excluding carboxylic acids is 1. The minimum atomic E-state index is 0.00409. The highest BCUT2D eigenvalue weighted by Gasteiger charge is 2.38. The van der Waals surface area contributed by atoms with Gasteiger partial charge in [-0.25, -0.2) is 0 Å². The summed E-state index contributed by atoms with van der Waals surface area (Å²) >= 11 is 0. The van der Waals surface area contributed by atoms with Gasteiger partial charge in [-0.3, -0.25) is 4.79 Å². The average Bonchev–Trinajstić information content (AvgIpc) is 2.98. The van der Waals surface area contributed by atoms with Crippen molar-refractivity contribution in [3.05, 3.63) is 0 Å². The summed E-state index contributed by atoms with van der Waals surface area (Å²) in [5.74, 6) is 0.186. The van der Waals surface area contributed by atoms with E-state index in [0.29, 0.717) is 12.5 Å². The van der Waals surface area contributed by atoms with E-state index in [4.69, 9.17) is 5.73 Å². The Kier molecular flexibility index (Phi) is 3.50. The summed E-state index contributed by atoms with van der Waals surface area (Å²) < 4.78 is 0. The lowest BCUT2D eigenvalue weighted by Crippen LogP contribution is -2.43. The van der Waals surface area contributed by atoms with E-state index in [1.165, 1.54) is 0 Å². The molecule has 1 heterocycles. The summed E-state index contributed by atoms with van der Waals surface area (Å²) in [6.07, 6.45) is 5.79. The number of nitrogens with two attached hydrogens (primary N) is 1. The molecule has 2 rings (SSSR count). The number of hydrogen-bond acceptors (Lipinski definition) is 3. The fraction of sp³-hybridized carbons (Fsp3) is 0.917. The van der Waals surface area contributed by atoms with Crippen molar-refractivity contribution in [3.63, 3.8) is 0 Å². The van der Waals surface area contributed by atoms with Gasteiger partial charge in [0, 0.05) is 18.0 Å². The lowest BCUT2D eigenvalue weighted by Gasteiger charge is -2.29. The molecule has 1 saturated carbocycles. The van der Waals surface area contributed by atoms with Crippen LogP contribution in [0, 0.1) is 0 Å². The molecule has 0 radical (unpaired) electrons. The van der Waals surface area contributed by atoms with E-state index in [0.717, 1.165) is 45.2 Å². The predicted octanol–water partition coefficient (Wildman–Crippen LogP) is 0.468. The number of amides is 1. The first-order valence-corrected chi connectivity index (χ1v) is 6.34. The van der Waals surface area contributed by atoms with Crippen LogP contribution < -0.4 is 11.1 Å². The van der Waals surface area contributed by atoms with Gasteiger partial charge in [-0.05, 0) is 52.2 Å². The van der Waals surface area contributed by atoms with Crippen LogP contribution in [-0.2, 0) is 4.79 Å². The number of carbonyl (C=O) groups is 1. The van der Waals surface area contributed by atoms with Crippen molar-refractivity contribution >= 4 is 5.91 Å². The van der Waals surface area contributed by atoms with E-state index >= 15 is 0 Å². The van der Waals surface area contributed by atoms with Gasteiger partial charge in [-0.15, -0.1) is 0 Å². The largest absolute Gasteiger partial charge is 0.353 e. The van der Waals surface area contributed by atoms with Gasteiger partial charge in [-0.1, -0.05) is 0 Å². The third kappa shape index (κ3) is 3.46. The molecule has 16 heavy (non-hydrogen) atoms. The number of rotatable bonds is 4. The number of hydrogen-bond donors (Lipinski definition) is 2. The standard InChI is InChI=1S/C12H23N3O/c1-15-8-3-10(4-9-15)14-11(16)2-5-12(13)6-7-12/h10H,2-9,13H2,1H3,(H,14,16). The first-order valence-electron chi connectivity index (χ1n) is 6.34. The topological polar surface area (TPSA) is 58.4 Å². The Hall–Kier alpha value is -0.610. The molecule has 0 aromatic heterocycles. The van der Waals surface area contributed by atoms with Crippen molar-refractivity contribution in [1.82, 2.24) is 10.2 Å². The van der Waals surface area contributed by atoms with Crippen molar-refractivity contribution in [2.75, 3.05) is 20.1 Å². The van der Waals surface area contributed by atoms with Crippen molar-refractivity contribution in [1.29, 1.82) is 0 Å². The minimum Gasteiger partial charge on any atom is -0.353 e. The molecule has 0 aromatic rings. The van der Waals surface area contributed by atoms with Crippen LogP contribution in [0.3, 0.4) is 0 Å². The Bertz CT molecular complexity index is 255. The van der Waals surface area contributed by atoms with Gasteiger partial charge >= 0.3 is 0 Å². The quantitative estimate of drug-likeness (QED) is 0.731. The summed E-state index contributed by atoms with van der Waals surface area (Å²) in [5.41, 5.74) is 5.96. The maximum Gasteiger partial charge on any atom is 0.220 e. The molecule has 0 aromatic carbocycles. The molecule has 4 nitrogen and oxygen atoms in total. The fourth-order valence-corrected chi connectivity index (χ4v) is 2.23. The molecule has 2 fully saturated rings. The fourth-order valence-electron chi connectivity index (χ4n) is 2.23. The van der Waals surface area contributed by atoms with E-state index in [2.05, 4.69) is 17.3 Å². The Morgan fingerprint density at radius 1 is 1.44 bits per heavy atom. The summed E-state index contributed by atoms with van der Waals surface area (Å²) in [5, 5.41) is 3.12. The van der Waals surface area contributed by atoms with Crippen LogP contribution >= 0.6 is 0 Å². The van der Waals surface area contributed by atoms with E-state index in [1.54, 1.807) is 0 Å². The number of piperidine rings is 1. The second-order valence-corrected chi connectivity index (χ2v) is 5.51. The first-order chi connectivity index (χ1) is 7.57. The van der Waals surface area contributed by atoms with Gasteiger partial charge in [0.05, 0.1) is 0 Å². The van der Waals surface area contributed by atoms with Gasteiger partial charge in [0.25, 0.3) is 0 Å². The molecule has 0 atom stereocenters. The van der Waals surface area contributed by atoms with E-state index in [9.17, 15) is 4.79 Å². The first kappa shape index (κ1) is 11.9. The molecule has 2 aliphatic rings. The second kappa shape index (κ2) is 4.72. The zero-order valence-electron chi connectivity index (χ0n) is 10.2. The summed E-state index contributed by atoms with van der Waals surface area (Å²) in [6, 6.07) is 0.386. The Balaban J connectivity index is 1.63. The zero-order chi connectivity index (χ0) is 11.6. The zero-order valence-corrected chi connectivity index (χ0v) is 10.2. The maximum atomic E-state index is 11.7. The SMILES string of the molecule is CN1CCC(NC(=O)CCC2(N)CC2)CC1. The predicted molar refractivity (Wildman–Crippen MR) is 64.0 cm³/mol. The molecule has 92 valence electrons. The van der Waals surface area contributed by atoms with Crippen LogP contribution in [0.2, 0.25) is 0 Å². The highest BCUT2D eigenvalue weighted by atomic mass is 16.1. The van der Waals surface area contributed by atoms with Crippen molar-refractivity contribution in [2.24, 2.45) is 5.73 Å². The monoisotopic (exact) mass is 225 g/mol. The molecule has 1 amide bonds. The van der Waals surface area contributed by atoms with Crippen LogP contribution in [-0.4, -0.2) is 42.5 Å². The second-order valence-electron chi connectivity index (χ2n) is 5.51. The highest BCUT2D eigenvalue weighted by molar-refractivity contribution is 5.76. The Morgan fingerprint density at radius 3 is 2.62 bits per heavy atom. The summed E-state index contributed by atoms with van der Waals surface area (Å²) in [7, 11) is 2.13. The lowest BCUT2D eigenvalue weighted by atomic mass is 10.0. The van der Waals surface area contributed by atoms with Crippen molar-refractivity contribution in [2.45, 2.75) is 50.1 Å². The molecular formula is C12H23N3O. The minimum absolute atomic E-state index is 0.00409. The van der Waals surface area contributed by atoms with Gasteiger partial charge < -0.3 is 16.0 Å². The maximum absolute atomic E-state index is 11.7. The van der Waals surface area contributed by atoms with Gasteiger partial charge in [-0.2, -0.15) is 0 Å². The van der Waals surface area contributed by atoms with Crippen molar-refractivity contribution in [3.8, 4) is 0 Å². The normalized spacial score (nSPS) is 25.4. The van der Waals surface area contributed by atoms with Crippen LogP contribution in [0.15, 0.2) is 0 Å². The lowest BCUT2D eigenvalue weighted by molar-refractivity contribution is -0.122. The van der Waals surface area contributed by atoms with E-state index in [-0.39, 0.29) is 11.4 Å². The summed E-state index contributed by atoms with van der Waals surface area (Å²) in [4.78, 5) is 14.0. The molecule has 1 aliphatic carbocycles. The average molecular weight is 225 g/mol. The molecule has 1 aliphatic heterocycles. The van der Waals surface area contributed by atoms with Crippen LogP contribution in [0.25, 0.3) is 0 Å². The van der Waals surface area contributed by atoms with Crippen LogP contribution in [0.1, 0.15) is 38.5 Å². The molecule has 0 spiro atoms. The van der Waals surface area contributed by atoms with E-state index < -0.39 is 0 Å². The van der Waals surface area contributed by atoms with Gasteiger partial charge in [0.1, 0.15) is 0 Å². The van der Waals surface area contributed by atoms with Crippen LogP contribution in [0.5, 0.6) is 0 Å². The molecule has 3 N–H and O–H groups in total. The molecule has 1 saturated heterocycles. The Labute approximate surface area is 97.6 Å². The van der Waals surface area contributed by atoms with Gasteiger partial charge in [0.2, 0.25) is 5.91 Å². The molecular weight excluding hydrogens is 202 g/mol. The number of likely N-dealkylation sites (tertiary alicyclic amines) is 1. The molecule has 4 heteroatoms. The van der Waals surface area contributed by atoms with E-state index in [1.807, 2.05) is 0 Å². The highest BCUT2D eigenvalue weighted by Crippen LogP contribution is 2.36. The number of nitrogens with zero attached hydrogens (tertiary/aromatic N) is 1. The van der Waals surface area contributed by atoms with Crippen molar-refractivity contribution < 1.29 is 4.79 Å². The van der Waals surface area contributed by atoms with Gasteiger partial charge in [0.15, 0.2) is 0 Å². The molecule has 0 bridgehead atoms. The molecule has 0 unspecified atom stereocenters. The van der Waals surface area contributed by atoms with Crippen LogP contribution in [0.4, 0.5) is 0 Å². The third-order valence-electron chi connectivity index (χ3n) is 3.83. The third-order valence-corrected chi connectivity index (χ3v) is 3.83. The smallest absolute Gasteiger partial charge is 0.220 e. The summed E-state index contributed by atoms with van der Waals surface area (Å²) in [6.45, 7) is 2.18. The number of nitrogens with one attached hydrogen (secondary N) is 1.